The fraction of sp³-hybridized carbons (Fsp3) is 0.412. The Morgan fingerprint density at radius 1 is 1.33 bits per heavy atom. The molecule has 2 aromatic rings. The molecule has 0 amide bonds. The minimum Gasteiger partial charge on any atom is -0.496 e. The van der Waals surface area contributed by atoms with Crippen LogP contribution < -0.4 is 10.1 Å². The second kappa shape index (κ2) is 8.25. The van der Waals surface area contributed by atoms with Crippen molar-refractivity contribution in [2.45, 2.75) is 32.2 Å². The van der Waals surface area contributed by atoms with Crippen molar-refractivity contribution in [1.82, 2.24) is 5.32 Å². The van der Waals surface area contributed by atoms with Crippen molar-refractivity contribution in [3.05, 3.63) is 52.4 Å². The van der Waals surface area contributed by atoms with E-state index in [4.69, 9.17) is 9.15 Å². The first-order valence-electron chi connectivity index (χ1n) is 7.31. The molecule has 114 valence electrons. The van der Waals surface area contributed by atoms with Crippen molar-refractivity contribution in [1.29, 1.82) is 0 Å². The quantitative estimate of drug-likeness (QED) is 0.773. The van der Waals surface area contributed by atoms with Crippen molar-refractivity contribution in [2.75, 3.05) is 13.7 Å². The van der Waals surface area contributed by atoms with Crippen LogP contribution in [0.15, 0.2) is 45.5 Å². The molecule has 1 unspecified atom stereocenters. The second-order valence-corrected chi connectivity index (χ2v) is 5.95. The third-order valence-electron chi connectivity index (χ3n) is 3.52. The highest BCUT2D eigenvalue weighted by Gasteiger charge is 2.13. The molecule has 1 atom stereocenters. The molecule has 0 saturated heterocycles. The maximum atomic E-state index is 5.46. The van der Waals surface area contributed by atoms with Gasteiger partial charge in [-0.25, -0.2) is 0 Å². The van der Waals surface area contributed by atoms with Gasteiger partial charge < -0.3 is 14.5 Å². The zero-order valence-electron chi connectivity index (χ0n) is 12.6. The van der Waals surface area contributed by atoms with Crippen molar-refractivity contribution in [3.63, 3.8) is 0 Å². The summed E-state index contributed by atoms with van der Waals surface area (Å²) in [7, 11) is 1.72. The molecule has 2 rings (SSSR count). The van der Waals surface area contributed by atoms with E-state index in [1.807, 2.05) is 24.3 Å². The van der Waals surface area contributed by atoms with Gasteiger partial charge in [-0.2, -0.15) is 0 Å². The Kier molecular flexibility index (Phi) is 6.33. The Balaban J connectivity index is 2.03. The van der Waals surface area contributed by atoms with Crippen LogP contribution in [0.4, 0.5) is 0 Å². The van der Waals surface area contributed by atoms with Crippen molar-refractivity contribution < 1.29 is 9.15 Å². The van der Waals surface area contributed by atoms with E-state index < -0.39 is 0 Å². The summed E-state index contributed by atoms with van der Waals surface area (Å²) in [6, 6.07) is 10.5. The van der Waals surface area contributed by atoms with Crippen molar-refractivity contribution >= 4 is 15.9 Å². The molecule has 0 aliphatic heterocycles. The average molecular weight is 352 g/mol. The lowest BCUT2D eigenvalue weighted by atomic mass is 10.0. The molecule has 0 fully saturated rings. The summed E-state index contributed by atoms with van der Waals surface area (Å²) in [5.74, 6) is 1.98. The van der Waals surface area contributed by atoms with Crippen molar-refractivity contribution in [3.8, 4) is 5.75 Å². The summed E-state index contributed by atoms with van der Waals surface area (Å²) in [5.41, 5.74) is 1.22. The van der Waals surface area contributed by atoms with Crippen LogP contribution in [-0.4, -0.2) is 19.7 Å². The van der Waals surface area contributed by atoms with Crippen LogP contribution in [0.5, 0.6) is 5.75 Å². The summed E-state index contributed by atoms with van der Waals surface area (Å²) in [6.07, 6.45) is 4.66. The van der Waals surface area contributed by atoms with Gasteiger partial charge in [-0.1, -0.05) is 22.9 Å². The number of hydrogen-bond acceptors (Lipinski definition) is 3. The molecular weight excluding hydrogens is 330 g/mol. The Labute approximate surface area is 134 Å². The van der Waals surface area contributed by atoms with Crippen LogP contribution in [0.25, 0.3) is 0 Å². The van der Waals surface area contributed by atoms with E-state index in [1.165, 1.54) is 5.56 Å². The molecule has 21 heavy (non-hydrogen) atoms. The minimum absolute atomic E-state index is 0.406. The smallest absolute Gasteiger partial charge is 0.122 e. The summed E-state index contributed by atoms with van der Waals surface area (Å²) < 4.78 is 12.0. The van der Waals surface area contributed by atoms with E-state index in [0.717, 1.165) is 41.8 Å². The molecule has 0 saturated carbocycles. The topological polar surface area (TPSA) is 34.4 Å². The molecule has 0 bridgehead atoms. The second-order valence-electron chi connectivity index (χ2n) is 5.03. The van der Waals surface area contributed by atoms with E-state index in [-0.39, 0.29) is 0 Å². The first-order chi connectivity index (χ1) is 10.2. The lowest BCUT2D eigenvalue weighted by Crippen LogP contribution is -2.31. The van der Waals surface area contributed by atoms with Gasteiger partial charge in [0.15, 0.2) is 0 Å². The highest BCUT2D eigenvalue weighted by Crippen LogP contribution is 2.25. The minimum atomic E-state index is 0.406. The van der Waals surface area contributed by atoms with Crippen molar-refractivity contribution in [2.24, 2.45) is 0 Å². The number of hydrogen-bond donors (Lipinski definition) is 1. The lowest BCUT2D eigenvalue weighted by molar-refractivity contribution is 0.400. The van der Waals surface area contributed by atoms with Gasteiger partial charge in [0.25, 0.3) is 0 Å². The van der Waals surface area contributed by atoms with E-state index in [1.54, 1.807) is 13.4 Å². The van der Waals surface area contributed by atoms with Gasteiger partial charge in [0.2, 0.25) is 0 Å². The highest BCUT2D eigenvalue weighted by atomic mass is 79.9. The maximum Gasteiger partial charge on any atom is 0.122 e. The number of aryl methyl sites for hydroxylation is 1. The Hall–Kier alpha value is -1.26. The summed E-state index contributed by atoms with van der Waals surface area (Å²) >= 11 is 3.53. The van der Waals surface area contributed by atoms with Gasteiger partial charge in [-0.3, -0.25) is 0 Å². The van der Waals surface area contributed by atoms with E-state index >= 15 is 0 Å². The third-order valence-corrected chi connectivity index (χ3v) is 4.01. The summed E-state index contributed by atoms with van der Waals surface area (Å²) in [4.78, 5) is 0. The number of methoxy groups -OCH3 is 1. The number of halogens is 1. The van der Waals surface area contributed by atoms with Crippen LogP contribution in [0.3, 0.4) is 0 Å². The molecule has 1 aromatic carbocycles. The van der Waals surface area contributed by atoms with Gasteiger partial charge in [0.05, 0.1) is 13.4 Å². The normalized spacial score (nSPS) is 12.3. The van der Waals surface area contributed by atoms with Crippen LogP contribution in [-0.2, 0) is 12.8 Å². The number of rotatable bonds is 8. The SMILES string of the molecule is CCNC(CCc1ccco1)Cc1cc(Br)ccc1OC. The van der Waals surface area contributed by atoms with E-state index in [9.17, 15) is 0 Å². The molecule has 4 heteroatoms. The number of benzene rings is 1. The predicted octanol–water partition coefficient (Wildman–Crippen LogP) is 4.20. The molecule has 3 nitrogen and oxygen atoms in total. The van der Waals surface area contributed by atoms with E-state index in [0.29, 0.717) is 6.04 Å². The van der Waals surface area contributed by atoms with Gasteiger partial charge in [0, 0.05) is 16.9 Å². The van der Waals surface area contributed by atoms with Gasteiger partial charge >= 0.3 is 0 Å². The summed E-state index contributed by atoms with van der Waals surface area (Å²) in [6.45, 7) is 3.09. The fourth-order valence-electron chi connectivity index (χ4n) is 2.51. The Bertz CT molecular complexity index is 540. The predicted molar refractivity (Wildman–Crippen MR) is 88.9 cm³/mol. The van der Waals surface area contributed by atoms with E-state index in [2.05, 4.69) is 34.2 Å². The zero-order chi connectivity index (χ0) is 15.1. The number of nitrogens with one attached hydrogen (secondary N) is 1. The van der Waals surface area contributed by atoms with Gasteiger partial charge in [-0.05, 0) is 55.3 Å². The van der Waals surface area contributed by atoms with Crippen LogP contribution in [0.1, 0.15) is 24.7 Å². The first-order valence-corrected chi connectivity index (χ1v) is 8.10. The third kappa shape index (κ3) is 4.90. The lowest BCUT2D eigenvalue weighted by Gasteiger charge is -2.19. The molecule has 0 spiro atoms. The Morgan fingerprint density at radius 2 is 2.19 bits per heavy atom. The first kappa shape index (κ1) is 16.1. The zero-order valence-corrected chi connectivity index (χ0v) is 14.2. The van der Waals surface area contributed by atoms with Crippen LogP contribution in [0.2, 0.25) is 0 Å². The van der Waals surface area contributed by atoms with Crippen LogP contribution >= 0.6 is 15.9 Å². The highest BCUT2D eigenvalue weighted by molar-refractivity contribution is 9.10. The molecule has 0 radical (unpaired) electrons. The number of furan rings is 1. The molecule has 1 N–H and O–H groups in total. The standard InChI is InChI=1S/C17H22BrNO2/c1-3-19-15(7-8-16-5-4-10-21-16)12-13-11-14(18)6-9-17(13)20-2/h4-6,9-11,15,19H,3,7-8,12H2,1-2H3. The number of likely N-dealkylation sites (N-methyl/N-ethyl adjacent to an activating group) is 1. The molecular formula is C17H22BrNO2. The molecule has 0 aliphatic rings. The molecule has 1 aromatic heterocycles. The fourth-order valence-corrected chi connectivity index (χ4v) is 2.92. The molecule has 1 heterocycles. The molecule has 0 aliphatic carbocycles. The van der Waals surface area contributed by atoms with Crippen LogP contribution in [0, 0.1) is 0 Å². The summed E-state index contributed by atoms with van der Waals surface area (Å²) in [5, 5.41) is 3.55. The largest absolute Gasteiger partial charge is 0.496 e. The van der Waals surface area contributed by atoms with Gasteiger partial charge in [0.1, 0.15) is 11.5 Å². The monoisotopic (exact) mass is 351 g/mol. The Morgan fingerprint density at radius 3 is 2.86 bits per heavy atom. The number of ether oxygens (including phenoxy) is 1. The van der Waals surface area contributed by atoms with Gasteiger partial charge in [-0.15, -0.1) is 0 Å². The average Bonchev–Trinajstić information content (AvgIpc) is 2.98. The maximum absolute atomic E-state index is 5.46.